The number of anilines is 1. The summed E-state index contributed by atoms with van der Waals surface area (Å²) in [6.45, 7) is 1.59. The number of hydrogen-bond donors (Lipinski definition) is 0. The summed E-state index contributed by atoms with van der Waals surface area (Å²) in [7, 11) is 1.48. The highest BCUT2D eigenvalue weighted by molar-refractivity contribution is 6.07. The molecule has 1 atom stereocenters. The average Bonchev–Trinajstić information content (AvgIpc) is 2.50. The Labute approximate surface area is 104 Å². The van der Waals surface area contributed by atoms with Gasteiger partial charge in [0.05, 0.1) is 17.2 Å². The van der Waals surface area contributed by atoms with E-state index in [9.17, 15) is 13.6 Å². The Morgan fingerprint density at radius 2 is 2.11 bits per heavy atom. The van der Waals surface area contributed by atoms with Gasteiger partial charge in [-0.1, -0.05) is 0 Å². The number of likely N-dealkylation sites (N-methyl/N-ethyl adjacent to an activating group) is 1. The van der Waals surface area contributed by atoms with Gasteiger partial charge in [0.1, 0.15) is 11.6 Å². The van der Waals surface area contributed by atoms with Crippen LogP contribution >= 0.6 is 0 Å². The first-order chi connectivity index (χ1) is 8.41. The molecule has 2 rings (SSSR count). The van der Waals surface area contributed by atoms with Crippen molar-refractivity contribution in [3.63, 3.8) is 0 Å². The molecular weight excluding hydrogens is 238 g/mol. The molecule has 1 aliphatic rings. The third-order valence-corrected chi connectivity index (χ3v) is 3.46. The molecule has 1 aromatic carbocycles. The van der Waals surface area contributed by atoms with E-state index in [1.54, 1.807) is 6.92 Å². The van der Waals surface area contributed by atoms with Crippen molar-refractivity contribution < 1.29 is 13.6 Å². The van der Waals surface area contributed by atoms with Crippen molar-refractivity contribution in [1.82, 2.24) is 0 Å². The van der Waals surface area contributed by atoms with Crippen LogP contribution in [0, 0.1) is 23.0 Å². The van der Waals surface area contributed by atoms with Crippen LogP contribution in [0.3, 0.4) is 0 Å². The molecule has 0 saturated carbocycles. The van der Waals surface area contributed by atoms with Crippen molar-refractivity contribution in [2.24, 2.45) is 0 Å². The summed E-state index contributed by atoms with van der Waals surface area (Å²) in [5.74, 6) is -1.75. The average molecular weight is 250 g/mol. The molecule has 5 heteroatoms. The molecular formula is C13H12F2N2O. The van der Waals surface area contributed by atoms with Gasteiger partial charge in [-0.2, -0.15) is 5.26 Å². The summed E-state index contributed by atoms with van der Waals surface area (Å²) in [4.78, 5) is 13.4. The molecule has 1 heterocycles. The highest BCUT2D eigenvalue weighted by Gasteiger charge is 2.47. The molecule has 1 aliphatic heterocycles. The fourth-order valence-electron chi connectivity index (χ4n) is 2.50. The third kappa shape index (κ3) is 1.57. The number of rotatable bonds is 2. The largest absolute Gasteiger partial charge is 0.314 e. The highest BCUT2D eigenvalue weighted by Crippen LogP contribution is 2.45. The van der Waals surface area contributed by atoms with Gasteiger partial charge in [0, 0.05) is 25.1 Å². The minimum absolute atomic E-state index is 0.145. The number of carbonyl (C=O) groups is 1. The molecule has 3 nitrogen and oxygen atoms in total. The Morgan fingerprint density at radius 1 is 1.44 bits per heavy atom. The maximum atomic E-state index is 13.9. The van der Waals surface area contributed by atoms with Crippen LogP contribution in [0.2, 0.25) is 0 Å². The smallest absolute Gasteiger partial charge is 0.237 e. The second kappa shape index (κ2) is 4.05. The zero-order chi connectivity index (χ0) is 13.5. The fraction of sp³-hybridized carbons (Fsp3) is 0.385. The number of benzene rings is 1. The van der Waals surface area contributed by atoms with E-state index in [-0.39, 0.29) is 30.0 Å². The zero-order valence-corrected chi connectivity index (χ0v) is 10.1. The van der Waals surface area contributed by atoms with Crippen LogP contribution in [-0.2, 0) is 10.2 Å². The molecule has 0 saturated heterocycles. The van der Waals surface area contributed by atoms with Crippen LogP contribution in [-0.4, -0.2) is 13.0 Å². The number of fused-ring (bicyclic) bond motifs is 1. The van der Waals surface area contributed by atoms with Gasteiger partial charge in [-0.3, -0.25) is 4.79 Å². The lowest BCUT2D eigenvalue weighted by Crippen LogP contribution is -2.36. The van der Waals surface area contributed by atoms with Crippen molar-refractivity contribution in [2.45, 2.75) is 25.2 Å². The van der Waals surface area contributed by atoms with Gasteiger partial charge < -0.3 is 4.90 Å². The van der Waals surface area contributed by atoms with Crippen molar-refractivity contribution in [1.29, 1.82) is 5.26 Å². The van der Waals surface area contributed by atoms with Crippen LogP contribution in [0.4, 0.5) is 14.5 Å². The summed E-state index contributed by atoms with van der Waals surface area (Å²) >= 11 is 0. The van der Waals surface area contributed by atoms with E-state index < -0.39 is 17.0 Å². The van der Waals surface area contributed by atoms with Crippen molar-refractivity contribution >= 4 is 11.6 Å². The van der Waals surface area contributed by atoms with Crippen molar-refractivity contribution in [3.8, 4) is 6.07 Å². The van der Waals surface area contributed by atoms with E-state index in [2.05, 4.69) is 0 Å². The summed E-state index contributed by atoms with van der Waals surface area (Å²) < 4.78 is 27.1. The maximum Gasteiger partial charge on any atom is 0.237 e. The van der Waals surface area contributed by atoms with E-state index in [0.29, 0.717) is 0 Å². The lowest BCUT2D eigenvalue weighted by molar-refractivity contribution is -0.122. The van der Waals surface area contributed by atoms with Crippen molar-refractivity contribution in [2.75, 3.05) is 11.9 Å². The number of carbonyl (C=O) groups excluding carboxylic acids is 1. The Kier molecular flexibility index (Phi) is 2.81. The van der Waals surface area contributed by atoms with E-state index in [4.69, 9.17) is 5.26 Å². The lowest BCUT2D eigenvalue weighted by atomic mass is 9.79. The summed E-state index contributed by atoms with van der Waals surface area (Å²) in [5.41, 5.74) is -0.651. The van der Waals surface area contributed by atoms with Crippen LogP contribution < -0.4 is 4.90 Å². The SMILES string of the molecule is CN1C(=O)[C@@](C)(CCC#N)c2c(F)cc(F)cc21. The molecule has 94 valence electrons. The molecule has 0 aliphatic carbocycles. The number of amides is 1. The predicted octanol–water partition coefficient (Wildman–Crippen LogP) is 2.50. The van der Waals surface area contributed by atoms with E-state index in [0.717, 1.165) is 12.1 Å². The van der Waals surface area contributed by atoms with Crippen LogP contribution in [0.15, 0.2) is 12.1 Å². The third-order valence-electron chi connectivity index (χ3n) is 3.46. The molecule has 0 fully saturated rings. The molecule has 0 unspecified atom stereocenters. The maximum absolute atomic E-state index is 13.9. The Bertz CT molecular complexity index is 565. The predicted molar refractivity (Wildman–Crippen MR) is 62.0 cm³/mol. The lowest BCUT2D eigenvalue weighted by Gasteiger charge is -2.22. The topological polar surface area (TPSA) is 44.1 Å². The summed E-state index contributed by atoms with van der Waals surface area (Å²) in [5, 5.41) is 8.63. The molecule has 18 heavy (non-hydrogen) atoms. The summed E-state index contributed by atoms with van der Waals surface area (Å²) in [6, 6.07) is 3.87. The molecule has 1 amide bonds. The van der Waals surface area contributed by atoms with Gasteiger partial charge in [-0.25, -0.2) is 8.78 Å². The van der Waals surface area contributed by atoms with Gasteiger partial charge in [0.15, 0.2) is 0 Å². The molecule has 0 N–H and O–H groups in total. The fourth-order valence-corrected chi connectivity index (χ4v) is 2.50. The van der Waals surface area contributed by atoms with Crippen LogP contribution in [0.1, 0.15) is 25.3 Å². The molecule has 0 aromatic heterocycles. The van der Waals surface area contributed by atoms with E-state index >= 15 is 0 Å². The Morgan fingerprint density at radius 3 is 2.72 bits per heavy atom. The highest BCUT2D eigenvalue weighted by atomic mass is 19.1. The first-order valence-electron chi connectivity index (χ1n) is 5.56. The number of halogens is 2. The Hall–Kier alpha value is -1.96. The number of nitriles is 1. The minimum Gasteiger partial charge on any atom is -0.314 e. The minimum atomic E-state index is -1.09. The normalized spacial score (nSPS) is 21.9. The molecule has 0 spiro atoms. The quantitative estimate of drug-likeness (QED) is 0.809. The van der Waals surface area contributed by atoms with Gasteiger partial charge in [-0.15, -0.1) is 0 Å². The monoisotopic (exact) mass is 250 g/mol. The number of nitrogens with zero attached hydrogens (tertiary/aromatic N) is 2. The molecule has 1 aromatic rings. The van der Waals surface area contributed by atoms with Crippen LogP contribution in [0.5, 0.6) is 0 Å². The molecule has 0 radical (unpaired) electrons. The molecule has 0 bridgehead atoms. The van der Waals surface area contributed by atoms with Gasteiger partial charge in [0.2, 0.25) is 5.91 Å². The van der Waals surface area contributed by atoms with Gasteiger partial charge >= 0.3 is 0 Å². The van der Waals surface area contributed by atoms with E-state index in [1.165, 1.54) is 11.9 Å². The van der Waals surface area contributed by atoms with Crippen molar-refractivity contribution in [3.05, 3.63) is 29.3 Å². The van der Waals surface area contributed by atoms with Crippen LogP contribution in [0.25, 0.3) is 0 Å². The Balaban J connectivity index is 2.62. The first-order valence-corrected chi connectivity index (χ1v) is 5.56. The standard InChI is InChI=1S/C13H12F2N2O/c1-13(4-3-5-16)11-9(15)6-8(14)7-10(11)17(2)12(13)18/h6-7H,3-4H2,1-2H3/t13-/m0/s1. The van der Waals surface area contributed by atoms with E-state index in [1.807, 2.05) is 6.07 Å². The van der Waals surface area contributed by atoms with Gasteiger partial charge in [-0.05, 0) is 19.4 Å². The second-order valence-corrected chi connectivity index (χ2v) is 4.64. The number of hydrogen-bond acceptors (Lipinski definition) is 2. The first kappa shape index (κ1) is 12.5. The zero-order valence-electron chi connectivity index (χ0n) is 10.1. The second-order valence-electron chi connectivity index (χ2n) is 4.64. The summed E-state index contributed by atoms with van der Waals surface area (Å²) in [6.07, 6.45) is 0.370. The van der Waals surface area contributed by atoms with Gasteiger partial charge in [0.25, 0.3) is 0 Å².